The summed E-state index contributed by atoms with van der Waals surface area (Å²) in [4.78, 5) is 16.1. The number of anilines is 1. The number of halogens is 1. The summed E-state index contributed by atoms with van der Waals surface area (Å²) < 4.78 is 37.3. The average Bonchev–Trinajstić information content (AvgIpc) is 2.66. The van der Waals surface area contributed by atoms with Crippen LogP contribution in [0.3, 0.4) is 0 Å². The third-order valence-corrected chi connectivity index (χ3v) is 5.96. The molecule has 2 heterocycles. The number of nitrogens with zero attached hydrogens (tertiary/aromatic N) is 2. The summed E-state index contributed by atoms with van der Waals surface area (Å²) in [6, 6.07) is 7.74. The Morgan fingerprint density at radius 1 is 1.22 bits per heavy atom. The molecule has 27 heavy (non-hydrogen) atoms. The number of rotatable bonds is 6. The van der Waals surface area contributed by atoms with Crippen molar-refractivity contribution in [2.45, 2.75) is 11.8 Å². The number of nitrogens with one attached hydrogen (secondary N) is 1. The zero-order chi connectivity index (χ0) is 19.4. The second kappa shape index (κ2) is 8.12. The van der Waals surface area contributed by atoms with E-state index in [2.05, 4.69) is 10.3 Å². The van der Waals surface area contributed by atoms with Gasteiger partial charge in [0.15, 0.2) is 11.5 Å². The molecule has 144 valence electrons. The Balaban J connectivity index is 1.70. The van der Waals surface area contributed by atoms with Crippen molar-refractivity contribution >= 4 is 33.2 Å². The second-order valence-electron chi connectivity index (χ2n) is 5.65. The van der Waals surface area contributed by atoms with Gasteiger partial charge in [-0.25, -0.2) is 13.4 Å². The molecule has 1 aliphatic rings. The van der Waals surface area contributed by atoms with E-state index in [1.54, 1.807) is 25.1 Å². The Morgan fingerprint density at radius 2 is 1.96 bits per heavy atom. The van der Waals surface area contributed by atoms with Gasteiger partial charge < -0.3 is 14.8 Å². The van der Waals surface area contributed by atoms with Crippen molar-refractivity contribution in [1.29, 1.82) is 0 Å². The molecular weight excluding hydrogens is 394 g/mol. The van der Waals surface area contributed by atoms with Crippen LogP contribution in [0.25, 0.3) is 0 Å². The van der Waals surface area contributed by atoms with Gasteiger partial charge in [-0.15, -0.1) is 0 Å². The quantitative estimate of drug-likeness (QED) is 0.731. The van der Waals surface area contributed by atoms with Crippen LogP contribution in [0.4, 0.5) is 5.69 Å². The van der Waals surface area contributed by atoms with Crippen LogP contribution in [0.1, 0.15) is 6.92 Å². The molecule has 0 radical (unpaired) electrons. The monoisotopic (exact) mass is 411 g/mol. The molecule has 1 amide bonds. The predicted molar refractivity (Wildman–Crippen MR) is 99.7 cm³/mol. The number of hydrogen-bond donors (Lipinski definition) is 1. The number of pyridine rings is 1. The summed E-state index contributed by atoms with van der Waals surface area (Å²) in [6.45, 7) is 2.34. The molecule has 1 aromatic carbocycles. The summed E-state index contributed by atoms with van der Waals surface area (Å²) in [5.74, 6) is 0.664. The number of likely N-dealkylation sites (N-methyl/N-ethyl adjacent to an activating group) is 1. The molecule has 1 aliphatic heterocycles. The van der Waals surface area contributed by atoms with Gasteiger partial charge in [0.1, 0.15) is 23.3 Å². The fourth-order valence-electron chi connectivity index (χ4n) is 2.51. The van der Waals surface area contributed by atoms with E-state index in [1.807, 2.05) is 0 Å². The minimum absolute atomic E-state index is 0.0270. The van der Waals surface area contributed by atoms with E-state index in [9.17, 15) is 13.2 Å². The highest BCUT2D eigenvalue weighted by atomic mass is 35.5. The van der Waals surface area contributed by atoms with Crippen molar-refractivity contribution in [2.75, 3.05) is 31.6 Å². The number of hydrogen-bond acceptors (Lipinski definition) is 6. The highest BCUT2D eigenvalue weighted by Gasteiger charge is 2.26. The molecule has 0 aliphatic carbocycles. The van der Waals surface area contributed by atoms with E-state index >= 15 is 0 Å². The maximum Gasteiger partial charge on any atom is 0.245 e. The van der Waals surface area contributed by atoms with E-state index in [-0.39, 0.29) is 23.1 Å². The molecule has 10 heteroatoms. The number of ether oxygens (including phenoxy) is 2. The van der Waals surface area contributed by atoms with Crippen LogP contribution in [0.15, 0.2) is 41.4 Å². The zero-order valence-corrected chi connectivity index (χ0v) is 16.1. The highest BCUT2D eigenvalue weighted by Crippen LogP contribution is 2.32. The summed E-state index contributed by atoms with van der Waals surface area (Å²) >= 11 is 5.70. The van der Waals surface area contributed by atoms with Gasteiger partial charge in [0.2, 0.25) is 15.9 Å². The molecule has 0 saturated heterocycles. The molecule has 0 fully saturated rings. The van der Waals surface area contributed by atoms with E-state index < -0.39 is 15.9 Å². The Bertz CT molecular complexity index is 934. The van der Waals surface area contributed by atoms with Crippen molar-refractivity contribution < 1.29 is 22.7 Å². The summed E-state index contributed by atoms with van der Waals surface area (Å²) in [5.41, 5.74) is 0.492. The number of aromatic nitrogens is 1. The fourth-order valence-corrected chi connectivity index (χ4v) is 3.98. The number of benzene rings is 1. The number of carbonyl (C=O) groups is 1. The molecule has 0 unspecified atom stereocenters. The van der Waals surface area contributed by atoms with Crippen LogP contribution in [0, 0.1) is 0 Å². The molecule has 1 N–H and O–H groups in total. The van der Waals surface area contributed by atoms with Gasteiger partial charge in [-0.1, -0.05) is 18.5 Å². The molecule has 1 aromatic heterocycles. The fraction of sp³-hybridized carbons (Fsp3) is 0.294. The first-order valence-corrected chi connectivity index (χ1v) is 10.0. The van der Waals surface area contributed by atoms with Crippen molar-refractivity contribution in [3.63, 3.8) is 0 Å². The Kier molecular flexibility index (Phi) is 5.83. The number of sulfonamides is 1. The van der Waals surface area contributed by atoms with Crippen LogP contribution in [0.5, 0.6) is 11.5 Å². The molecule has 0 saturated carbocycles. The van der Waals surface area contributed by atoms with Gasteiger partial charge in [-0.05, 0) is 24.3 Å². The second-order valence-corrected chi connectivity index (χ2v) is 7.98. The lowest BCUT2D eigenvalue weighted by Crippen LogP contribution is -2.37. The van der Waals surface area contributed by atoms with Crippen LogP contribution in [0.2, 0.25) is 5.15 Å². The summed E-state index contributed by atoms with van der Waals surface area (Å²) in [7, 11) is -3.86. The van der Waals surface area contributed by atoms with Gasteiger partial charge in [0.25, 0.3) is 0 Å². The largest absolute Gasteiger partial charge is 0.486 e. The maximum absolute atomic E-state index is 12.7. The number of carbonyl (C=O) groups excluding carboxylic acids is 1. The van der Waals surface area contributed by atoms with Gasteiger partial charge in [-0.2, -0.15) is 4.31 Å². The van der Waals surface area contributed by atoms with Gasteiger partial charge in [-0.3, -0.25) is 4.79 Å². The van der Waals surface area contributed by atoms with Crippen LogP contribution in [-0.2, 0) is 14.8 Å². The molecule has 0 atom stereocenters. The van der Waals surface area contributed by atoms with Crippen molar-refractivity contribution in [1.82, 2.24) is 9.29 Å². The van der Waals surface area contributed by atoms with E-state index in [4.69, 9.17) is 21.1 Å². The minimum Gasteiger partial charge on any atom is -0.486 e. The van der Waals surface area contributed by atoms with Crippen molar-refractivity contribution in [3.8, 4) is 11.5 Å². The SMILES string of the molecule is CCN(CC(=O)Nc1ccc2c(c1)OCCO2)S(=O)(=O)c1ccc(Cl)nc1. The number of amides is 1. The molecule has 8 nitrogen and oxygen atoms in total. The van der Waals surface area contributed by atoms with Crippen LogP contribution in [-0.4, -0.2) is 49.9 Å². The third kappa shape index (κ3) is 4.49. The lowest BCUT2D eigenvalue weighted by Gasteiger charge is -2.21. The highest BCUT2D eigenvalue weighted by molar-refractivity contribution is 7.89. The van der Waals surface area contributed by atoms with Crippen molar-refractivity contribution in [3.05, 3.63) is 41.7 Å². The topological polar surface area (TPSA) is 97.8 Å². The first-order valence-electron chi connectivity index (χ1n) is 8.21. The minimum atomic E-state index is -3.86. The smallest absolute Gasteiger partial charge is 0.245 e. The molecule has 3 rings (SSSR count). The van der Waals surface area contributed by atoms with Crippen molar-refractivity contribution in [2.24, 2.45) is 0 Å². The zero-order valence-electron chi connectivity index (χ0n) is 14.5. The third-order valence-electron chi connectivity index (χ3n) is 3.84. The van der Waals surface area contributed by atoms with E-state index in [0.717, 1.165) is 4.31 Å². The Hall–Kier alpha value is -2.36. The summed E-state index contributed by atoms with van der Waals surface area (Å²) in [5, 5.41) is 2.86. The predicted octanol–water partition coefficient (Wildman–Crippen LogP) is 2.16. The van der Waals surface area contributed by atoms with Gasteiger partial charge in [0, 0.05) is 24.5 Å². The first kappa shape index (κ1) is 19.4. The first-order chi connectivity index (χ1) is 12.9. The lowest BCUT2D eigenvalue weighted by atomic mass is 10.2. The Labute approximate surface area is 162 Å². The van der Waals surface area contributed by atoms with Crippen LogP contribution >= 0.6 is 11.6 Å². The molecular formula is C17H18ClN3O5S. The maximum atomic E-state index is 12.7. The lowest BCUT2D eigenvalue weighted by molar-refractivity contribution is -0.116. The van der Waals surface area contributed by atoms with E-state index in [1.165, 1.54) is 18.3 Å². The molecule has 0 spiro atoms. The number of fused-ring (bicyclic) bond motifs is 1. The van der Waals surface area contributed by atoms with Crippen LogP contribution < -0.4 is 14.8 Å². The van der Waals surface area contributed by atoms with Gasteiger partial charge >= 0.3 is 0 Å². The summed E-state index contributed by atoms with van der Waals surface area (Å²) in [6.07, 6.45) is 1.17. The molecule has 0 bridgehead atoms. The standard InChI is InChI=1S/C17H18ClN3O5S/c1-2-21(27(23,24)13-4-6-16(18)19-10-13)11-17(22)20-12-3-5-14-15(9-12)26-8-7-25-14/h3-6,9-10H,2,7-8,11H2,1H3,(H,20,22). The average molecular weight is 412 g/mol. The Morgan fingerprint density at radius 3 is 2.63 bits per heavy atom. The van der Waals surface area contributed by atoms with Gasteiger partial charge in [0.05, 0.1) is 6.54 Å². The molecule has 2 aromatic rings. The normalized spacial score (nSPS) is 13.4. The van der Waals surface area contributed by atoms with E-state index in [0.29, 0.717) is 30.4 Å².